The van der Waals surface area contributed by atoms with Crippen molar-refractivity contribution in [3.8, 4) is 11.5 Å². The number of thiophene rings is 1. The third kappa shape index (κ3) is 3.27. The first-order chi connectivity index (χ1) is 10.5. The average molecular weight is 334 g/mol. The number of rotatable bonds is 5. The molecule has 0 aliphatic rings. The number of nitrogens with zero attached hydrogens (tertiary/aromatic N) is 1. The lowest BCUT2D eigenvalue weighted by Crippen LogP contribution is -2.22. The first kappa shape index (κ1) is 15.0. The predicted octanol–water partition coefficient (Wildman–Crippen LogP) is 3.19. The summed E-state index contributed by atoms with van der Waals surface area (Å²) in [6.45, 7) is 2.08. The fraction of sp³-hybridized carbons (Fsp3) is 0.133. The molecule has 0 bridgehead atoms. The lowest BCUT2D eigenvalue weighted by molar-refractivity contribution is 0.579. The van der Waals surface area contributed by atoms with Crippen LogP contribution in [0.25, 0.3) is 11.5 Å². The van der Waals surface area contributed by atoms with E-state index in [2.05, 4.69) is 9.71 Å². The topological polar surface area (TPSA) is 72.2 Å². The molecule has 0 saturated heterocycles. The summed E-state index contributed by atoms with van der Waals surface area (Å²) in [7, 11) is -3.47. The van der Waals surface area contributed by atoms with Gasteiger partial charge in [-0.1, -0.05) is 6.07 Å². The molecule has 3 rings (SSSR count). The highest BCUT2D eigenvalue weighted by Gasteiger charge is 2.15. The molecule has 0 unspecified atom stereocenters. The molecule has 5 nitrogen and oxygen atoms in total. The van der Waals surface area contributed by atoms with Crippen molar-refractivity contribution >= 4 is 21.4 Å². The van der Waals surface area contributed by atoms with E-state index in [1.807, 2.05) is 19.1 Å². The predicted molar refractivity (Wildman–Crippen MR) is 85.0 cm³/mol. The SMILES string of the molecule is Cc1ccc(S(=O)(=O)NCc2ccc(-c3ccco3)nc2)s1. The van der Waals surface area contributed by atoms with Gasteiger partial charge in [0.25, 0.3) is 0 Å². The maximum Gasteiger partial charge on any atom is 0.250 e. The molecule has 0 spiro atoms. The number of aryl methyl sites for hydroxylation is 1. The van der Waals surface area contributed by atoms with E-state index in [1.54, 1.807) is 36.7 Å². The highest BCUT2D eigenvalue weighted by atomic mass is 32.2. The maximum absolute atomic E-state index is 12.1. The lowest BCUT2D eigenvalue weighted by atomic mass is 10.2. The van der Waals surface area contributed by atoms with E-state index in [0.717, 1.165) is 10.4 Å². The van der Waals surface area contributed by atoms with Crippen molar-refractivity contribution in [1.29, 1.82) is 0 Å². The molecule has 114 valence electrons. The van der Waals surface area contributed by atoms with Crippen LogP contribution in [0, 0.1) is 6.92 Å². The van der Waals surface area contributed by atoms with Gasteiger partial charge in [-0.3, -0.25) is 4.98 Å². The van der Waals surface area contributed by atoms with Crippen molar-refractivity contribution in [3.05, 3.63) is 59.3 Å². The normalized spacial score (nSPS) is 11.7. The zero-order valence-electron chi connectivity index (χ0n) is 11.8. The largest absolute Gasteiger partial charge is 0.463 e. The highest BCUT2D eigenvalue weighted by molar-refractivity contribution is 7.91. The van der Waals surface area contributed by atoms with Crippen LogP contribution < -0.4 is 4.72 Å². The van der Waals surface area contributed by atoms with Gasteiger partial charge >= 0.3 is 0 Å². The van der Waals surface area contributed by atoms with Crippen LogP contribution in [0.15, 0.2) is 57.5 Å². The minimum atomic E-state index is -3.47. The quantitative estimate of drug-likeness (QED) is 0.778. The zero-order valence-corrected chi connectivity index (χ0v) is 13.4. The van der Waals surface area contributed by atoms with Gasteiger partial charge in [0.2, 0.25) is 10.0 Å². The molecular formula is C15H14N2O3S2. The van der Waals surface area contributed by atoms with Crippen LogP contribution in [0.3, 0.4) is 0 Å². The molecular weight excluding hydrogens is 320 g/mol. The molecule has 3 aromatic heterocycles. The third-order valence-electron chi connectivity index (χ3n) is 3.05. The minimum absolute atomic E-state index is 0.199. The summed E-state index contributed by atoms with van der Waals surface area (Å²) in [5, 5.41) is 0. The van der Waals surface area contributed by atoms with E-state index in [9.17, 15) is 8.42 Å². The van der Waals surface area contributed by atoms with Gasteiger partial charge in [-0.05, 0) is 42.8 Å². The molecule has 0 aliphatic carbocycles. The van der Waals surface area contributed by atoms with E-state index >= 15 is 0 Å². The number of furan rings is 1. The Hall–Kier alpha value is -1.96. The van der Waals surface area contributed by atoms with E-state index in [1.165, 1.54) is 11.3 Å². The summed E-state index contributed by atoms with van der Waals surface area (Å²) >= 11 is 1.25. The summed E-state index contributed by atoms with van der Waals surface area (Å²) in [4.78, 5) is 5.24. The molecule has 0 saturated carbocycles. The van der Waals surface area contributed by atoms with Gasteiger partial charge < -0.3 is 4.42 Å². The number of hydrogen-bond donors (Lipinski definition) is 1. The Morgan fingerprint density at radius 3 is 2.68 bits per heavy atom. The van der Waals surface area contributed by atoms with E-state index in [0.29, 0.717) is 15.7 Å². The Bertz CT molecular complexity index is 851. The van der Waals surface area contributed by atoms with Crippen LogP contribution in [0.2, 0.25) is 0 Å². The molecule has 0 amide bonds. The van der Waals surface area contributed by atoms with Gasteiger partial charge in [-0.2, -0.15) is 0 Å². The number of sulfonamides is 1. The van der Waals surface area contributed by atoms with Crippen molar-refractivity contribution in [3.63, 3.8) is 0 Å². The fourth-order valence-electron chi connectivity index (χ4n) is 1.91. The molecule has 1 N–H and O–H groups in total. The van der Waals surface area contributed by atoms with Crippen molar-refractivity contribution in [2.75, 3.05) is 0 Å². The minimum Gasteiger partial charge on any atom is -0.463 e. The monoisotopic (exact) mass is 334 g/mol. The molecule has 3 aromatic rings. The summed E-state index contributed by atoms with van der Waals surface area (Å²) in [5.74, 6) is 0.682. The van der Waals surface area contributed by atoms with Crippen LogP contribution in [0.5, 0.6) is 0 Å². The third-order valence-corrected chi connectivity index (χ3v) is 5.94. The van der Waals surface area contributed by atoms with Gasteiger partial charge in [0, 0.05) is 17.6 Å². The molecule has 7 heteroatoms. The van der Waals surface area contributed by atoms with Gasteiger partial charge in [0.05, 0.1) is 6.26 Å². The van der Waals surface area contributed by atoms with E-state index in [4.69, 9.17) is 4.42 Å². The number of hydrogen-bond acceptors (Lipinski definition) is 5. The molecule has 3 heterocycles. The van der Waals surface area contributed by atoms with Crippen molar-refractivity contribution in [2.45, 2.75) is 17.7 Å². The molecule has 0 aliphatic heterocycles. The van der Waals surface area contributed by atoms with Crippen LogP contribution in [0.4, 0.5) is 0 Å². The second kappa shape index (κ2) is 6.04. The standard InChI is InChI=1S/C15H14N2O3S2/c1-11-4-7-15(21-11)22(18,19)17-10-12-5-6-13(16-9-12)14-3-2-8-20-14/h2-9,17H,10H2,1H3. The van der Waals surface area contributed by atoms with Crippen molar-refractivity contribution in [1.82, 2.24) is 9.71 Å². The first-order valence-electron chi connectivity index (χ1n) is 6.59. The van der Waals surface area contributed by atoms with Crippen LogP contribution >= 0.6 is 11.3 Å². The first-order valence-corrected chi connectivity index (χ1v) is 8.89. The maximum atomic E-state index is 12.1. The van der Waals surface area contributed by atoms with Crippen molar-refractivity contribution in [2.24, 2.45) is 0 Å². The smallest absolute Gasteiger partial charge is 0.250 e. The van der Waals surface area contributed by atoms with E-state index < -0.39 is 10.0 Å². The molecule has 0 aromatic carbocycles. The second-order valence-electron chi connectivity index (χ2n) is 4.72. The van der Waals surface area contributed by atoms with Gasteiger partial charge in [0.1, 0.15) is 9.90 Å². The van der Waals surface area contributed by atoms with Crippen LogP contribution in [-0.4, -0.2) is 13.4 Å². The summed E-state index contributed by atoms with van der Waals surface area (Å²) < 4.78 is 32.4. The van der Waals surface area contributed by atoms with Crippen LogP contribution in [-0.2, 0) is 16.6 Å². The Morgan fingerprint density at radius 2 is 2.09 bits per heavy atom. The second-order valence-corrected chi connectivity index (χ2v) is 8.00. The lowest BCUT2D eigenvalue weighted by Gasteiger charge is -2.05. The van der Waals surface area contributed by atoms with Crippen molar-refractivity contribution < 1.29 is 12.8 Å². The summed E-state index contributed by atoms with van der Waals surface area (Å²) in [5.41, 5.74) is 1.50. The Kier molecular flexibility index (Phi) is 4.10. The van der Waals surface area contributed by atoms with Gasteiger partial charge in [0.15, 0.2) is 5.76 Å². The van der Waals surface area contributed by atoms with Gasteiger partial charge in [-0.25, -0.2) is 13.1 Å². The molecule has 0 radical (unpaired) electrons. The fourth-order valence-corrected chi connectivity index (χ4v) is 4.25. The Balaban J connectivity index is 1.69. The molecule has 22 heavy (non-hydrogen) atoms. The highest BCUT2D eigenvalue weighted by Crippen LogP contribution is 2.21. The Morgan fingerprint density at radius 1 is 1.23 bits per heavy atom. The van der Waals surface area contributed by atoms with E-state index in [-0.39, 0.29) is 6.54 Å². The zero-order chi connectivity index (χ0) is 15.6. The summed E-state index contributed by atoms with van der Waals surface area (Å²) in [6.07, 6.45) is 3.22. The number of nitrogens with one attached hydrogen (secondary N) is 1. The molecule has 0 fully saturated rings. The Labute approximate surface area is 132 Å². The average Bonchev–Trinajstić information content (AvgIpc) is 3.17. The summed E-state index contributed by atoms with van der Waals surface area (Å²) in [6, 6.07) is 10.6. The molecule has 0 atom stereocenters. The van der Waals surface area contributed by atoms with Crippen LogP contribution in [0.1, 0.15) is 10.4 Å². The number of pyridine rings is 1. The number of aromatic nitrogens is 1. The van der Waals surface area contributed by atoms with Gasteiger partial charge in [-0.15, -0.1) is 11.3 Å².